The first-order valence-electron chi connectivity index (χ1n) is 10.0. The molecule has 5 nitrogen and oxygen atoms in total. The van der Waals surface area contributed by atoms with Crippen molar-refractivity contribution < 1.29 is 14.6 Å². The van der Waals surface area contributed by atoms with Crippen LogP contribution < -0.4 is 4.74 Å². The third-order valence-electron chi connectivity index (χ3n) is 5.94. The summed E-state index contributed by atoms with van der Waals surface area (Å²) in [6.07, 6.45) is 2.63. The van der Waals surface area contributed by atoms with Gasteiger partial charge in [-0.05, 0) is 54.2 Å². The minimum atomic E-state index is 0.173. The molecule has 3 aliphatic rings. The Bertz CT molecular complexity index is 821. The topological polar surface area (TPSA) is 53.0 Å². The molecule has 2 aromatic rings. The van der Waals surface area contributed by atoms with E-state index < -0.39 is 0 Å². The van der Waals surface area contributed by atoms with E-state index in [-0.39, 0.29) is 17.7 Å². The van der Waals surface area contributed by atoms with Crippen LogP contribution >= 0.6 is 0 Å². The Hall–Kier alpha value is -2.53. The van der Waals surface area contributed by atoms with Gasteiger partial charge in [0.1, 0.15) is 11.5 Å². The van der Waals surface area contributed by atoms with E-state index in [0.717, 1.165) is 43.9 Å². The first kappa shape index (κ1) is 18.8. The zero-order chi connectivity index (χ0) is 19.5. The van der Waals surface area contributed by atoms with Gasteiger partial charge < -0.3 is 14.7 Å². The van der Waals surface area contributed by atoms with Crippen molar-refractivity contribution in [2.45, 2.75) is 31.8 Å². The first-order chi connectivity index (χ1) is 13.6. The van der Waals surface area contributed by atoms with Crippen molar-refractivity contribution >= 4 is 5.91 Å². The van der Waals surface area contributed by atoms with Crippen LogP contribution in [0.4, 0.5) is 0 Å². The Labute approximate surface area is 166 Å². The van der Waals surface area contributed by atoms with Gasteiger partial charge in [-0.3, -0.25) is 9.69 Å². The lowest BCUT2D eigenvalue weighted by Gasteiger charge is -2.36. The van der Waals surface area contributed by atoms with Gasteiger partial charge in [-0.15, -0.1) is 0 Å². The van der Waals surface area contributed by atoms with Crippen LogP contribution in [0.2, 0.25) is 0 Å². The number of rotatable bonds is 5. The van der Waals surface area contributed by atoms with E-state index in [2.05, 4.69) is 21.9 Å². The van der Waals surface area contributed by atoms with Crippen molar-refractivity contribution in [3.05, 3.63) is 59.7 Å². The summed E-state index contributed by atoms with van der Waals surface area (Å²) in [5.41, 5.74) is 2.15. The zero-order valence-corrected chi connectivity index (χ0v) is 16.4. The van der Waals surface area contributed by atoms with Gasteiger partial charge in [0.25, 0.3) is 0 Å². The van der Waals surface area contributed by atoms with Crippen molar-refractivity contribution in [1.29, 1.82) is 0 Å². The molecule has 5 heteroatoms. The number of hydrogen-bond acceptors (Lipinski definition) is 4. The maximum Gasteiger partial charge on any atom is 0.227 e. The molecule has 0 saturated carbocycles. The molecule has 2 atom stereocenters. The van der Waals surface area contributed by atoms with E-state index in [9.17, 15) is 9.90 Å². The van der Waals surface area contributed by atoms with Gasteiger partial charge in [-0.25, -0.2) is 0 Å². The van der Waals surface area contributed by atoms with Crippen LogP contribution in [-0.4, -0.2) is 53.6 Å². The molecule has 0 spiro atoms. The Kier molecular flexibility index (Phi) is 5.53. The number of amides is 1. The normalized spacial score (nSPS) is 22.1. The number of piperidine rings is 1. The quantitative estimate of drug-likeness (QED) is 0.866. The lowest BCUT2D eigenvalue weighted by molar-refractivity contribution is -0.134. The molecule has 3 heterocycles. The molecule has 0 unspecified atom stereocenters. The fraction of sp³-hybridized carbons (Fsp3) is 0.435. The molecular formula is C23H28N2O3. The summed E-state index contributed by atoms with van der Waals surface area (Å²) in [5.74, 6) is 1.80. The summed E-state index contributed by atoms with van der Waals surface area (Å²) in [4.78, 5) is 17.6. The fourth-order valence-electron chi connectivity index (χ4n) is 4.55. The minimum Gasteiger partial charge on any atom is -0.508 e. The van der Waals surface area contributed by atoms with E-state index in [1.54, 1.807) is 25.3 Å². The van der Waals surface area contributed by atoms with Crippen LogP contribution in [0.3, 0.4) is 0 Å². The van der Waals surface area contributed by atoms with Crippen molar-refractivity contribution in [2.24, 2.45) is 5.92 Å². The van der Waals surface area contributed by atoms with Gasteiger partial charge in [0, 0.05) is 32.2 Å². The molecule has 3 fully saturated rings. The van der Waals surface area contributed by atoms with Gasteiger partial charge in [0.2, 0.25) is 5.91 Å². The highest BCUT2D eigenvalue weighted by molar-refractivity contribution is 5.79. The van der Waals surface area contributed by atoms with Crippen molar-refractivity contribution in [2.75, 3.05) is 26.7 Å². The zero-order valence-electron chi connectivity index (χ0n) is 16.4. The summed E-state index contributed by atoms with van der Waals surface area (Å²) in [5, 5.41) is 9.65. The number of phenolic OH excluding ortho intramolecular Hbond substituents is 1. The smallest absolute Gasteiger partial charge is 0.227 e. The molecule has 5 rings (SSSR count). The fourth-order valence-corrected chi connectivity index (χ4v) is 4.55. The van der Waals surface area contributed by atoms with E-state index in [1.165, 1.54) is 12.0 Å². The molecule has 0 aromatic heterocycles. The standard InChI is InChI=1S/C23H28N2O3/c1-28-22-9-6-17(7-10-22)13-24-14-19-5-8-20(16-24)25(15-19)23(27)12-18-3-2-4-21(26)11-18/h2-4,6-7,9-11,19-20,26H,5,8,12-16H2,1H3/t19-,20+/m1/s1. The van der Waals surface area contributed by atoms with Crippen LogP contribution in [-0.2, 0) is 17.8 Å². The highest BCUT2D eigenvalue weighted by Gasteiger charge is 2.36. The summed E-state index contributed by atoms with van der Waals surface area (Å²) < 4.78 is 5.25. The lowest BCUT2D eigenvalue weighted by atomic mass is 9.94. The predicted molar refractivity (Wildman–Crippen MR) is 108 cm³/mol. The number of ether oxygens (including phenoxy) is 1. The van der Waals surface area contributed by atoms with E-state index in [4.69, 9.17) is 4.74 Å². The van der Waals surface area contributed by atoms with Crippen molar-refractivity contribution in [3.63, 3.8) is 0 Å². The number of phenols is 1. The number of fused-ring (bicyclic) bond motifs is 4. The predicted octanol–water partition coefficient (Wildman–Crippen LogP) is 3.07. The largest absolute Gasteiger partial charge is 0.508 e. The molecule has 2 bridgehead atoms. The Morgan fingerprint density at radius 1 is 1.07 bits per heavy atom. The molecular weight excluding hydrogens is 352 g/mol. The molecule has 0 radical (unpaired) electrons. The van der Waals surface area contributed by atoms with Crippen LogP contribution in [0.25, 0.3) is 0 Å². The number of hydrogen-bond donors (Lipinski definition) is 1. The Morgan fingerprint density at radius 2 is 1.89 bits per heavy atom. The molecule has 28 heavy (non-hydrogen) atoms. The second kappa shape index (κ2) is 8.23. The number of aromatic hydroxyl groups is 1. The maximum atomic E-state index is 13.0. The van der Waals surface area contributed by atoms with Crippen LogP contribution in [0, 0.1) is 5.92 Å². The molecule has 3 aliphatic heterocycles. The second-order valence-corrected chi connectivity index (χ2v) is 8.03. The number of nitrogens with zero attached hydrogens (tertiary/aromatic N) is 2. The van der Waals surface area contributed by atoms with Crippen molar-refractivity contribution in [1.82, 2.24) is 9.80 Å². The number of benzene rings is 2. The van der Waals surface area contributed by atoms with Gasteiger partial charge >= 0.3 is 0 Å². The number of carbonyl (C=O) groups is 1. The molecule has 3 saturated heterocycles. The van der Waals surface area contributed by atoms with E-state index in [1.807, 2.05) is 18.2 Å². The molecule has 1 N–H and O–H groups in total. The summed E-state index contributed by atoms with van der Waals surface area (Å²) in [7, 11) is 1.68. The molecule has 2 aromatic carbocycles. The molecule has 148 valence electrons. The number of methoxy groups -OCH3 is 1. The van der Waals surface area contributed by atoms with Gasteiger partial charge in [-0.1, -0.05) is 24.3 Å². The minimum absolute atomic E-state index is 0.173. The van der Waals surface area contributed by atoms with Gasteiger partial charge in [-0.2, -0.15) is 0 Å². The van der Waals surface area contributed by atoms with E-state index in [0.29, 0.717) is 12.3 Å². The lowest BCUT2D eigenvalue weighted by Crippen LogP contribution is -2.47. The third kappa shape index (κ3) is 4.30. The van der Waals surface area contributed by atoms with Crippen LogP contribution in [0.1, 0.15) is 24.0 Å². The monoisotopic (exact) mass is 380 g/mol. The van der Waals surface area contributed by atoms with Gasteiger partial charge in [0.15, 0.2) is 0 Å². The van der Waals surface area contributed by atoms with Gasteiger partial charge in [0.05, 0.1) is 13.5 Å². The van der Waals surface area contributed by atoms with Crippen LogP contribution in [0.15, 0.2) is 48.5 Å². The summed E-state index contributed by atoms with van der Waals surface area (Å²) in [6, 6.07) is 15.6. The summed E-state index contributed by atoms with van der Waals surface area (Å²) in [6.45, 7) is 3.72. The molecule has 1 amide bonds. The molecule has 0 aliphatic carbocycles. The third-order valence-corrected chi connectivity index (χ3v) is 5.94. The average molecular weight is 380 g/mol. The van der Waals surface area contributed by atoms with E-state index >= 15 is 0 Å². The Morgan fingerprint density at radius 3 is 2.64 bits per heavy atom. The number of carbonyl (C=O) groups excluding carboxylic acids is 1. The summed E-state index contributed by atoms with van der Waals surface area (Å²) >= 11 is 0. The Balaban J connectivity index is 1.41. The second-order valence-electron chi connectivity index (χ2n) is 8.03. The maximum absolute atomic E-state index is 13.0. The highest BCUT2D eigenvalue weighted by Crippen LogP contribution is 2.29. The average Bonchev–Trinajstić information content (AvgIpc) is 2.99. The highest BCUT2D eigenvalue weighted by atomic mass is 16.5. The first-order valence-corrected chi connectivity index (χ1v) is 10.0. The SMILES string of the molecule is COc1ccc(CN2C[C@H]3CC[C@@H](C2)N(C(=O)Cc2cccc(O)c2)C3)cc1. The van der Waals surface area contributed by atoms with Crippen molar-refractivity contribution in [3.8, 4) is 11.5 Å². The van der Waals surface area contributed by atoms with Crippen LogP contribution in [0.5, 0.6) is 11.5 Å².